The number of carbonyl (C=O) groups is 2. The highest BCUT2D eigenvalue weighted by molar-refractivity contribution is 6.30. The van der Waals surface area contributed by atoms with Gasteiger partial charge in [0.25, 0.3) is 0 Å². The van der Waals surface area contributed by atoms with Crippen molar-refractivity contribution in [3.8, 4) is 0 Å². The number of benzene rings is 1. The van der Waals surface area contributed by atoms with Gasteiger partial charge >= 0.3 is 11.9 Å². The Bertz CT molecular complexity index is 486. The van der Waals surface area contributed by atoms with E-state index in [-0.39, 0.29) is 5.57 Å². The minimum Gasteiger partial charge on any atom is -0.478 e. The molecule has 0 bridgehead atoms. The lowest BCUT2D eigenvalue weighted by Gasteiger charge is -1.95. The van der Waals surface area contributed by atoms with Crippen molar-refractivity contribution in [2.45, 2.75) is 0 Å². The average Bonchev–Trinajstić information content (AvgIpc) is 2.25. The van der Waals surface area contributed by atoms with Crippen LogP contribution in [0.2, 0.25) is 5.02 Å². The number of hydrogen-bond acceptors (Lipinski definition) is 2. The maximum absolute atomic E-state index is 10.7. The standard InChI is InChI=1S/C12H9ClO4/c13-10-5-2-8(3-6-10)1-4-9(12(16)17)7-11(14)15/h1-7H,(H,14,15)(H,16,17)/b4-1+,9-7-. The molecule has 17 heavy (non-hydrogen) atoms. The second kappa shape index (κ2) is 5.86. The van der Waals surface area contributed by atoms with Gasteiger partial charge < -0.3 is 10.2 Å². The molecule has 0 radical (unpaired) electrons. The SMILES string of the molecule is O=C(O)/C=C(/C=C/c1ccc(Cl)cc1)C(=O)O. The number of rotatable bonds is 4. The Morgan fingerprint density at radius 2 is 1.71 bits per heavy atom. The van der Waals surface area contributed by atoms with Gasteiger partial charge in [0, 0.05) is 11.1 Å². The molecular formula is C12H9ClO4. The van der Waals surface area contributed by atoms with E-state index in [1.165, 1.54) is 12.2 Å². The number of aliphatic carboxylic acids is 2. The highest BCUT2D eigenvalue weighted by atomic mass is 35.5. The summed E-state index contributed by atoms with van der Waals surface area (Å²) in [6, 6.07) is 6.70. The van der Waals surface area contributed by atoms with Gasteiger partial charge in [-0.15, -0.1) is 0 Å². The Hall–Kier alpha value is -2.07. The maximum Gasteiger partial charge on any atom is 0.335 e. The van der Waals surface area contributed by atoms with E-state index in [2.05, 4.69) is 0 Å². The van der Waals surface area contributed by atoms with Crippen molar-refractivity contribution in [2.75, 3.05) is 0 Å². The van der Waals surface area contributed by atoms with Crippen LogP contribution in [0.3, 0.4) is 0 Å². The van der Waals surface area contributed by atoms with Gasteiger partial charge in [0.1, 0.15) is 0 Å². The summed E-state index contributed by atoms with van der Waals surface area (Å²) in [4.78, 5) is 21.1. The Morgan fingerprint density at radius 3 is 2.18 bits per heavy atom. The van der Waals surface area contributed by atoms with E-state index in [0.717, 1.165) is 5.56 Å². The van der Waals surface area contributed by atoms with Crippen LogP contribution in [-0.4, -0.2) is 22.2 Å². The summed E-state index contributed by atoms with van der Waals surface area (Å²) in [5.74, 6) is -2.60. The molecule has 0 fully saturated rings. The lowest BCUT2D eigenvalue weighted by Crippen LogP contribution is -2.01. The second-order valence-corrected chi connectivity index (χ2v) is 3.56. The molecule has 0 saturated carbocycles. The summed E-state index contributed by atoms with van der Waals surface area (Å²) in [5, 5.41) is 17.8. The van der Waals surface area contributed by atoms with Crippen molar-refractivity contribution < 1.29 is 19.8 Å². The van der Waals surface area contributed by atoms with Crippen LogP contribution in [0.15, 0.2) is 42.0 Å². The smallest absolute Gasteiger partial charge is 0.335 e. The highest BCUT2D eigenvalue weighted by Gasteiger charge is 2.05. The summed E-state index contributed by atoms with van der Waals surface area (Å²) in [6.07, 6.45) is 3.35. The Labute approximate surface area is 102 Å². The van der Waals surface area contributed by atoms with Gasteiger partial charge in [-0.1, -0.05) is 29.8 Å². The zero-order valence-electron chi connectivity index (χ0n) is 8.63. The fourth-order valence-corrected chi connectivity index (χ4v) is 1.20. The van der Waals surface area contributed by atoms with Crippen molar-refractivity contribution >= 4 is 29.6 Å². The van der Waals surface area contributed by atoms with Crippen LogP contribution in [-0.2, 0) is 9.59 Å². The Balaban J connectivity index is 2.91. The van der Waals surface area contributed by atoms with Gasteiger partial charge in [0.05, 0.1) is 5.57 Å². The van der Waals surface area contributed by atoms with Crippen LogP contribution in [0.5, 0.6) is 0 Å². The summed E-state index contributed by atoms with van der Waals surface area (Å²) < 4.78 is 0. The summed E-state index contributed by atoms with van der Waals surface area (Å²) in [6.45, 7) is 0. The van der Waals surface area contributed by atoms with Crippen LogP contribution in [0.4, 0.5) is 0 Å². The van der Waals surface area contributed by atoms with E-state index >= 15 is 0 Å². The minimum absolute atomic E-state index is 0.299. The van der Waals surface area contributed by atoms with E-state index in [0.29, 0.717) is 11.1 Å². The number of hydrogen-bond donors (Lipinski definition) is 2. The lowest BCUT2D eigenvalue weighted by molar-refractivity contribution is -0.134. The van der Waals surface area contributed by atoms with Crippen LogP contribution < -0.4 is 0 Å². The van der Waals surface area contributed by atoms with Gasteiger partial charge in [-0.2, -0.15) is 0 Å². The van der Waals surface area contributed by atoms with Crippen molar-refractivity contribution in [1.82, 2.24) is 0 Å². The fourth-order valence-electron chi connectivity index (χ4n) is 1.07. The van der Waals surface area contributed by atoms with Crippen LogP contribution in [0.1, 0.15) is 5.56 Å². The first-order valence-electron chi connectivity index (χ1n) is 4.60. The highest BCUT2D eigenvalue weighted by Crippen LogP contribution is 2.11. The molecule has 1 rings (SSSR count). The maximum atomic E-state index is 10.7. The number of halogens is 1. The molecule has 0 spiro atoms. The molecule has 1 aromatic carbocycles. The molecule has 88 valence electrons. The summed E-state index contributed by atoms with van der Waals surface area (Å²) in [7, 11) is 0. The minimum atomic E-state index is -1.30. The normalized spacial score (nSPS) is 11.7. The molecule has 2 N–H and O–H groups in total. The molecule has 0 aliphatic carbocycles. The van der Waals surface area contributed by atoms with Crippen molar-refractivity contribution in [2.24, 2.45) is 0 Å². The molecule has 5 heteroatoms. The zero-order chi connectivity index (χ0) is 12.8. The topological polar surface area (TPSA) is 74.6 Å². The summed E-state index contributed by atoms with van der Waals surface area (Å²) in [5.41, 5.74) is 0.430. The van der Waals surface area contributed by atoms with Crippen LogP contribution in [0, 0.1) is 0 Å². The molecule has 0 saturated heterocycles. The van der Waals surface area contributed by atoms with Crippen molar-refractivity contribution in [1.29, 1.82) is 0 Å². The second-order valence-electron chi connectivity index (χ2n) is 3.13. The lowest BCUT2D eigenvalue weighted by atomic mass is 10.1. The molecule has 4 nitrogen and oxygen atoms in total. The molecule has 0 aliphatic rings. The van der Waals surface area contributed by atoms with Crippen molar-refractivity contribution in [3.05, 3.63) is 52.6 Å². The molecule has 0 atom stereocenters. The molecule has 0 amide bonds. The van der Waals surface area contributed by atoms with E-state index in [1.54, 1.807) is 24.3 Å². The Morgan fingerprint density at radius 1 is 1.12 bits per heavy atom. The van der Waals surface area contributed by atoms with Gasteiger partial charge in [0.2, 0.25) is 0 Å². The molecular weight excluding hydrogens is 244 g/mol. The first-order chi connectivity index (χ1) is 7.99. The van der Waals surface area contributed by atoms with Crippen molar-refractivity contribution in [3.63, 3.8) is 0 Å². The van der Waals surface area contributed by atoms with Crippen LogP contribution in [0.25, 0.3) is 6.08 Å². The fraction of sp³-hybridized carbons (Fsp3) is 0. The first-order valence-corrected chi connectivity index (χ1v) is 4.98. The van der Waals surface area contributed by atoms with E-state index in [1.807, 2.05) is 0 Å². The molecule has 0 aromatic heterocycles. The third kappa shape index (κ3) is 4.53. The van der Waals surface area contributed by atoms with Gasteiger partial charge in [-0.05, 0) is 23.8 Å². The number of carboxylic acids is 2. The van der Waals surface area contributed by atoms with E-state index in [4.69, 9.17) is 21.8 Å². The first kappa shape index (κ1) is 13.0. The summed E-state index contributed by atoms with van der Waals surface area (Å²) >= 11 is 5.69. The van der Waals surface area contributed by atoms with E-state index < -0.39 is 11.9 Å². The third-order valence-electron chi connectivity index (χ3n) is 1.85. The molecule has 0 unspecified atom stereocenters. The Kier molecular flexibility index (Phi) is 4.48. The molecule has 1 aromatic rings. The average molecular weight is 253 g/mol. The largest absolute Gasteiger partial charge is 0.478 e. The number of carboxylic acid groups (broad SMARTS) is 2. The van der Waals surface area contributed by atoms with Gasteiger partial charge in [-0.25, -0.2) is 9.59 Å². The predicted octanol–water partition coefficient (Wildman–Crippen LogP) is 2.45. The van der Waals surface area contributed by atoms with Gasteiger partial charge in [0.15, 0.2) is 0 Å². The molecule has 0 aliphatic heterocycles. The molecule has 0 heterocycles. The zero-order valence-corrected chi connectivity index (χ0v) is 9.39. The monoisotopic (exact) mass is 252 g/mol. The predicted molar refractivity (Wildman–Crippen MR) is 63.8 cm³/mol. The quantitative estimate of drug-likeness (QED) is 0.638. The third-order valence-corrected chi connectivity index (χ3v) is 2.10. The van der Waals surface area contributed by atoms with Crippen LogP contribution >= 0.6 is 11.6 Å². The van der Waals surface area contributed by atoms with E-state index in [9.17, 15) is 9.59 Å². The van der Waals surface area contributed by atoms with Gasteiger partial charge in [-0.3, -0.25) is 0 Å².